The number of carbonyl (C=O) groups is 1. The Hall–Kier alpha value is -1.06. The van der Waals surface area contributed by atoms with Crippen molar-refractivity contribution in [1.29, 1.82) is 0 Å². The van der Waals surface area contributed by atoms with Gasteiger partial charge in [0, 0.05) is 17.6 Å². The van der Waals surface area contributed by atoms with Crippen LogP contribution in [0, 0.1) is 0 Å². The molecule has 0 unspecified atom stereocenters. The molecule has 0 radical (unpaired) electrons. The molecule has 1 aromatic rings. The molecule has 0 saturated carbocycles. The molecule has 0 aliphatic carbocycles. The van der Waals surface area contributed by atoms with Crippen LogP contribution in [-0.2, 0) is 11.2 Å². The Morgan fingerprint density at radius 2 is 2.29 bits per heavy atom. The highest BCUT2D eigenvalue weighted by Crippen LogP contribution is 2.15. The van der Waals surface area contributed by atoms with Gasteiger partial charge >= 0.3 is 0 Å². The van der Waals surface area contributed by atoms with Gasteiger partial charge in [-0.1, -0.05) is 29.8 Å². The first-order chi connectivity index (χ1) is 8.25. The minimum atomic E-state index is 0.0480. The van der Waals surface area contributed by atoms with Crippen LogP contribution in [0.3, 0.4) is 0 Å². The molecule has 0 aromatic heterocycles. The number of benzene rings is 1. The summed E-state index contributed by atoms with van der Waals surface area (Å²) in [5, 5.41) is 6.97. The summed E-state index contributed by atoms with van der Waals surface area (Å²) in [6, 6.07) is 7.73. The standard InChI is InChI=1S/C13H17ClN2O/c14-12-6-2-1-4-10(12)8-13(17)16-11-5-3-7-15-9-11/h1-2,4,6,11,15H,3,5,7-9H2,(H,16,17)/t11-/m1/s1. The summed E-state index contributed by atoms with van der Waals surface area (Å²) in [6.07, 6.45) is 2.54. The summed E-state index contributed by atoms with van der Waals surface area (Å²) in [5.74, 6) is 0.0480. The van der Waals surface area contributed by atoms with E-state index in [2.05, 4.69) is 10.6 Å². The Balaban J connectivity index is 1.86. The van der Waals surface area contributed by atoms with Crippen molar-refractivity contribution in [1.82, 2.24) is 10.6 Å². The highest BCUT2D eigenvalue weighted by molar-refractivity contribution is 6.31. The molecule has 2 rings (SSSR count). The molecule has 2 N–H and O–H groups in total. The average Bonchev–Trinajstić information content (AvgIpc) is 2.33. The van der Waals surface area contributed by atoms with Crippen LogP contribution >= 0.6 is 11.6 Å². The zero-order valence-corrected chi connectivity index (χ0v) is 10.5. The van der Waals surface area contributed by atoms with Gasteiger partial charge in [0.1, 0.15) is 0 Å². The first-order valence-electron chi connectivity index (χ1n) is 5.99. The maximum atomic E-state index is 11.8. The third-order valence-corrected chi connectivity index (χ3v) is 3.34. The molecule has 1 heterocycles. The van der Waals surface area contributed by atoms with Crippen LogP contribution in [0.4, 0.5) is 0 Å². The number of piperidine rings is 1. The van der Waals surface area contributed by atoms with E-state index in [1.165, 1.54) is 0 Å². The Kier molecular flexibility index (Phi) is 4.40. The van der Waals surface area contributed by atoms with E-state index < -0.39 is 0 Å². The number of amides is 1. The van der Waals surface area contributed by atoms with E-state index in [0.717, 1.165) is 31.5 Å². The number of hydrogen-bond acceptors (Lipinski definition) is 2. The first kappa shape index (κ1) is 12.4. The molecule has 1 atom stereocenters. The van der Waals surface area contributed by atoms with Gasteiger partial charge in [-0.3, -0.25) is 4.79 Å². The van der Waals surface area contributed by atoms with Gasteiger partial charge in [-0.2, -0.15) is 0 Å². The van der Waals surface area contributed by atoms with Crippen molar-refractivity contribution in [2.75, 3.05) is 13.1 Å². The molecule has 92 valence electrons. The van der Waals surface area contributed by atoms with Crippen molar-refractivity contribution in [3.05, 3.63) is 34.9 Å². The van der Waals surface area contributed by atoms with E-state index in [1.807, 2.05) is 24.3 Å². The third-order valence-electron chi connectivity index (χ3n) is 2.97. The molecule has 1 aliphatic heterocycles. The summed E-state index contributed by atoms with van der Waals surface area (Å²) < 4.78 is 0. The van der Waals surface area contributed by atoms with Gasteiger partial charge in [-0.25, -0.2) is 0 Å². The topological polar surface area (TPSA) is 41.1 Å². The number of halogens is 1. The molecule has 4 heteroatoms. The van der Waals surface area contributed by atoms with E-state index in [4.69, 9.17) is 11.6 Å². The van der Waals surface area contributed by atoms with Gasteiger partial charge in [0.15, 0.2) is 0 Å². The molecule has 1 fully saturated rings. The molecule has 1 amide bonds. The highest BCUT2D eigenvalue weighted by atomic mass is 35.5. The predicted octanol–water partition coefficient (Wildman–Crippen LogP) is 1.75. The van der Waals surface area contributed by atoms with Gasteiger partial charge in [-0.05, 0) is 31.0 Å². The Labute approximate surface area is 107 Å². The van der Waals surface area contributed by atoms with Crippen LogP contribution in [0.1, 0.15) is 18.4 Å². The van der Waals surface area contributed by atoms with Crippen LogP contribution in [0.15, 0.2) is 24.3 Å². The minimum Gasteiger partial charge on any atom is -0.352 e. The molecular formula is C13H17ClN2O. The summed E-state index contributed by atoms with van der Waals surface area (Å²) >= 11 is 6.02. The maximum Gasteiger partial charge on any atom is 0.224 e. The van der Waals surface area contributed by atoms with Gasteiger partial charge in [0.25, 0.3) is 0 Å². The Morgan fingerprint density at radius 3 is 3.00 bits per heavy atom. The van der Waals surface area contributed by atoms with Crippen LogP contribution in [0.5, 0.6) is 0 Å². The normalized spacial score (nSPS) is 19.9. The molecule has 1 aliphatic rings. The van der Waals surface area contributed by atoms with Crippen LogP contribution in [-0.4, -0.2) is 25.0 Å². The van der Waals surface area contributed by atoms with Crippen LogP contribution in [0.2, 0.25) is 5.02 Å². The Bertz CT molecular complexity index is 389. The maximum absolute atomic E-state index is 11.8. The minimum absolute atomic E-state index is 0.0480. The summed E-state index contributed by atoms with van der Waals surface area (Å²) in [7, 11) is 0. The zero-order valence-electron chi connectivity index (χ0n) is 9.71. The second-order valence-electron chi connectivity index (χ2n) is 4.38. The van der Waals surface area contributed by atoms with E-state index in [9.17, 15) is 4.79 Å². The lowest BCUT2D eigenvalue weighted by atomic mass is 10.1. The van der Waals surface area contributed by atoms with Crippen molar-refractivity contribution in [3.63, 3.8) is 0 Å². The number of hydrogen-bond donors (Lipinski definition) is 2. The summed E-state index contributed by atoms with van der Waals surface area (Å²) in [6.45, 7) is 1.92. The van der Waals surface area contributed by atoms with Crippen LogP contribution < -0.4 is 10.6 Å². The zero-order chi connectivity index (χ0) is 12.1. The van der Waals surface area contributed by atoms with E-state index in [1.54, 1.807) is 0 Å². The molecule has 1 aromatic carbocycles. The fourth-order valence-corrected chi connectivity index (χ4v) is 2.27. The largest absolute Gasteiger partial charge is 0.352 e. The second-order valence-corrected chi connectivity index (χ2v) is 4.79. The van der Waals surface area contributed by atoms with Gasteiger partial charge in [-0.15, -0.1) is 0 Å². The fraction of sp³-hybridized carbons (Fsp3) is 0.462. The molecule has 0 spiro atoms. The monoisotopic (exact) mass is 252 g/mol. The van der Waals surface area contributed by atoms with Crippen molar-refractivity contribution in [2.24, 2.45) is 0 Å². The molecule has 17 heavy (non-hydrogen) atoms. The smallest absolute Gasteiger partial charge is 0.224 e. The summed E-state index contributed by atoms with van der Waals surface area (Å²) in [4.78, 5) is 11.8. The average molecular weight is 253 g/mol. The second kappa shape index (κ2) is 6.03. The molecule has 3 nitrogen and oxygen atoms in total. The van der Waals surface area contributed by atoms with Gasteiger partial charge < -0.3 is 10.6 Å². The van der Waals surface area contributed by atoms with E-state index in [0.29, 0.717) is 11.4 Å². The molecule has 0 bridgehead atoms. The number of rotatable bonds is 3. The first-order valence-corrected chi connectivity index (χ1v) is 6.37. The fourth-order valence-electron chi connectivity index (χ4n) is 2.07. The lowest BCUT2D eigenvalue weighted by Crippen LogP contribution is -2.46. The Morgan fingerprint density at radius 1 is 1.47 bits per heavy atom. The third kappa shape index (κ3) is 3.72. The van der Waals surface area contributed by atoms with Crippen LogP contribution in [0.25, 0.3) is 0 Å². The van der Waals surface area contributed by atoms with Gasteiger partial charge in [0.05, 0.1) is 6.42 Å². The van der Waals surface area contributed by atoms with E-state index >= 15 is 0 Å². The van der Waals surface area contributed by atoms with Crippen molar-refractivity contribution >= 4 is 17.5 Å². The number of nitrogens with one attached hydrogen (secondary N) is 2. The quantitative estimate of drug-likeness (QED) is 0.861. The summed E-state index contributed by atoms with van der Waals surface area (Å²) in [5.41, 5.74) is 0.885. The van der Waals surface area contributed by atoms with E-state index in [-0.39, 0.29) is 11.9 Å². The van der Waals surface area contributed by atoms with Crippen molar-refractivity contribution in [3.8, 4) is 0 Å². The number of carbonyl (C=O) groups excluding carboxylic acids is 1. The van der Waals surface area contributed by atoms with Crippen molar-refractivity contribution in [2.45, 2.75) is 25.3 Å². The van der Waals surface area contributed by atoms with Crippen molar-refractivity contribution < 1.29 is 4.79 Å². The molecular weight excluding hydrogens is 236 g/mol. The predicted molar refractivity (Wildman–Crippen MR) is 69.2 cm³/mol. The highest BCUT2D eigenvalue weighted by Gasteiger charge is 2.15. The SMILES string of the molecule is O=C(Cc1ccccc1Cl)N[C@@H]1CCCNC1. The lowest BCUT2D eigenvalue weighted by molar-refractivity contribution is -0.121. The lowest BCUT2D eigenvalue weighted by Gasteiger charge is -2.23. The molecule has 1 saturated heterocycles. The van der Waals surface area contributed by atoms with Gasteiger partial charge in [0.2, 0.25) is 5.91 Å².